The standard InChI is InChI=1S/C27H35N3O3.ClH/c1-21(2)27(20-28,23-11-12-24(32-3)25(19-23)33-4)13-8-14-29-15-17-30(18-16-29)26(31)22-9-6-5-7-10-22;/h5-7,9-12,19,21H,8,13-18H2,1-4H3;1H. The van der Waals surface area contributed by atoms with Crippen LogP contribution in [0, 0.1) is 17.2 Å². The number of methoxy groups -OCH3 is 2. The highest BCUT2D eigenvalue weighted by Gasteiger charge is 2.36. The molecule has 1 heterocycles. The molecule has 0 bridgehead atoms. The molecule has 2 aromatic rings. The molecule has 0 saturated carbocycles. The van der Waals surface area contributed by atoms with Crippen molar-refractivity contribution in [2.75, 3.05) is 46.9 Å². The number of rotatable bonds is 9. The van der Waals surface area contributed by atoms with Gasteiger partial charge in [0.05, 0.1) is 25.7 Å². The second-order valence-electron chi connectivity index (χ2n) is 8.91. The summed E-state index contributed by atoms with van der Waals surface area (Å²) in [4.78, 5) is 17.0. The van der Waals surface area contributed by atoms with Gasteiger partial charge in [0.1, 0.15) is 0 Å². The van der Waals surface area contributed by atoms with Gasteiger partial charge in [-0.2, -0.15) is 5.26 Å². The topological polar surface area (TPSA) is 65.8 Å². The summed E-state index contributed by atoms with van der Waals surface area (Å²) < 4.78 is 10.9. The molecule has 7 heteroatoms. The number of hydrogen-bond donors (Lipinski definition) is 0. The molecule has 0 aliphatic carbocycles. The van der Waals surface area contributed by atoms with Gasteiger partial charge in [0, 0.05) is 31.7 Å². The van der Waals surface area contributed by atoms with E-state index in [1.165, 1.54) is 0 Å². The van der Waals surface area contributed by atoms with Crippen molar-refractivity contribution in [3.05, 3.63) is 59.7 Å². The lowest BCUT2D eigenvalue weighted by atomic mass is 9.69. The van der Waals surface area contributed by atoms with E-state index in [0.717, 1.165) is 56.7 Å². The smallest absolute Gasteiger partial charge is 0.253 e. The summed E-state index contributed by atoms with van der Waals surface area (Å²) in [6, 6.07) is 17.9. The number of carbonyl (C=O) groups excluding carboxylic acids is 1. The molecule has 6 nitrogen and oxygen atoms in total. The molecule has 0 spiro atoms. The fourth-order valence-electron chi connectivity index (χ4n) is 4.65. The van der Waals surface area contributed by atoms with E-state index in [0.29, 0.717) is 11.5 Å². The average Bonchev–Trinajstić information content (AvgIpc) is 2.86. The zero-order valence-electron chi connectivity index (χ0n) is 20.6. The van der Waals surface area contributed by atoms with E-state index in [2.05, 4.69) is 24.8 Å². The number of ether oxygens (including phenoxy) is 2. The summed E-state index contributed by atoms with van der Waals surface area (Å²) in [5.41, 5.74) is 1.12. The van der Waals surface area contributed by atoms with Crippen molar-refractivity contribution in [2.45, 2.75) is 32.1 Å². The van der Waals surface area contributed by atoms with E-state index < -0.39 is 5.41 Å². The maximum absolute atomic E-state index is 12.7. The van der Waals surface area contributed by atoms with Crippen LogP contribution in [0.3, 0.4) is 0 Å². The van der Waals surface area contributed by atoms with Crippen LogP contribution >= 0.6 is 12.4 Å². The van der Waals surface area contributed by atoms with Crippen LogP contribution in [0.15, 0.2) is 48.5 Å². The second-order valence-corrected chi connectivity index (χ2v) is 8.91. The molecule has 3 rings (SSSR count). The van der Waals surface area contributed by atoms with E-state index in [4.69, 9.17) is 9.47 Å². The van der Waals surface area contributed by atoms with Crippen LogP contribution in [0.5, 0.6) is 11.5 Å². The summed E-state index contributed by atoms with van der Waals surface area (Å²) in [6.45, 7) is 8.30. The Labute approximate surface area is 209 Å². The third kappa shape index (κ3) is 6.02. The van der Waals surface area contributed by atoms with Gasteiger partial charge >= 0.3 is 0 Å². The van der Waals surface area contributed by atoms with Gasteiger partial charge in [0.15, 0.2) is 11.5 Å². The van der Waals surface area contributed by atoms with Crippen molar-refractivity contribution >= 4 is 18.3 Å². The second kappa shape index (κ2) is 12.6. The molecule has 1 unspecified atom stereocenters. The number of amides is 1. The van der Waals surface area contributed by atoms with E-state index in [9.17, 15) is 10.1 Å². The number of piperazine rings is 1. The monoisotopic (exact) mass is 485 g/mol. The minimum absolute atomic E-state index is 0. The van der Waals surface area contributed by atoms with Crippen molar-refractivity contribution in [3.63, 3.8) is 0 Å². The maximum Gasteiger partial charge on any atom is 0.253 e. The highest BCUT2D eigenvalue weighted by atomic mass is 35.5. The Morgan fingerprint density at radius 1 is 1.03 bits per heavy atom. The minimum Gasteiger partial charge on any atom is -0.493 e. The highest BCUT2D eigenvalue weighted by Crippen LogP contribution is 2.40. The fraction of sp³-hybridized carbons (Fsp3) is 0.481. The van der Waals surface area contributed by atoms with Crippen molar-refractivity contribution < 1.29 is 14.3 Å². The number of halogens is 1. The highest BCUT2D eigenvalue weighted by molar-refractivity contribution is 5.94. The molecule has 0 N–H and O–H groups in total. The van der Waals surface area contributed by atoms with Crippen LogP contribution < -0.4 is 9.47 Å². The molecular formula is C27H36ClN3O3. The van der Waals surface area contributed by atoms with Crippen LogP contribution in [0.4, 0.5) is 0 Å². The molecule has 34 heavy (non-hydrogen) atoms. The Kier molecular flexibility index (Phi) is 10.2. The molecule has 0 radical (unpaired) electrons. The maximum atomic E-state index is 12.7. The third-order valence-corrected chi connectivity index (χ3v) is 6.81. The normalized spacial score (nSPS) is 15.7. The lowest BCUT2D eigenvalue weighted by molar-refractivity contribution is 0.0633. The van der Waals surface area contributed by atoms with Crippen LogP contribution in [0.2, 0.25) is 0 Å². The first-order chi connectivity index (χ1) is 15.9. The lowest BCUT2D eigenvalue weighted by Gasteiger charge is -2.36. The van der Waals surface area contributed by atoms with Gasteiger partial charge in [-0.3, -0.25) is 9.69 Å². The summed E-state index contributed by atoms with van der Waals surface area (Å²) in [5.74, 6) is 1.57. The van der Waals surface area contributed by atoms with Crippen molar-refractivity contribution in [3.8, 4) is 17.6 Å². The summed E-state index contributed by atoms with van der Waals surface area (Å²) >= 11 is 0. The molecule has 1 atom stereocenters. The van der Waals surface area contributed by atoms with Gasteiger partial charge in [0.2, 0.25) is 0 Å². The molecule has 184 valence electrons. The molecule has 1 aliphatic heterocycles. The minimum atomic E-state index is -0.593. The quantitative estimate of drug-likeness (QED) is 0.511. The summed E-state index contributed by atoms with van der Waals surface area (Å²) in [5, 5.41) is 10.3. The molecule has 1 saturated heterocycles. The van der Waals surface area contributed by atoms with E-state index in [1.54, 1.807) is 14.2 Å². The average molecular weight is 486 g/mol. The number of hydrogen-bond acceptors (Lipinski definition) is 5. The molecular weight excluding hydrogens is 450 g/mol. The van der Waals surface area contributed by atoms with Gasteiger partial charge < -0.3 is 14.4 Å². The summed E-state index contributed by atoms with van der Waals surface area (Å²) in [6.07, 6.45) is 1.67. The van der Waals surface area contributed by atoms with E-state index in [1.807, 2.05) is 53.4 Å². The van der Waals surface area contributed by atoms with Gasteiger partial charge in [-0.15, -0.1) is 12.4 Å². The summed E-state index contributed by atoms with van der Waals surface area (Å²) in [7, 11) is 3.23. The lowest BCUT2D eigenvalue weighted by Crippen LogP contribution is -2.49. The van der Waals surface area contributed by atoms with Crippen molar-refractivity contribution in [1.29, 1.82) is 5.26 Å². The molecule has 1 aliphatic rings. The number of nitrogens with zero attached hydrogens (tertiary/aromatic N) is 3. The third-order valence-electron chi connectivity index (χ3n) is 6.81. The SMILES string of the molecule is COc1ccc(C(C#N)(CCCN2CCN(C(=O)c3ccccc3)CC2)C(C)C)cc1OC.Cl. The Morgan fingerprint density at radius 2 is 1.68 bits per heavy atom. The number of nitriles is 1. The Hall–Kier alpha value is -2.75. The molecule has 1 amide bonds. The van der Waals surface area contributed by atoms with E-state index >= 15 is 0 Å². The Morgan fingerprint density at radius 3 is 2.24 bits per heavy atom. The predicted octanol–water partition coefficient (Wildman–Crippen LogP) is 4.78. The fourth-order valence-corrected chi connectivity index (χ4v) is 4.65. The largest absolute Gasteiger partial charge is 0.493 e. The van der Waals surface area contributed by atoms with Crippen LogP contribution in [0.25, 0.3) is 0 Å². The Balaban J connectivity index is 0.00000408. The van der Waals surface area contributed by atoms with Gasteiger partial charge in [0.25, 0.3) is 5.91 Å². The number of benzene rings is 2. The Bertz CT molecular complexity index is 969. The molecule has 2 aromatic carbocycles. The van der Waals surface area contributed by atoms with E-state index in [-0.39, 0.29) is 24.2 Å². The van der Waals surface area contributed by atoms with Crippen LogP contribution in [0.1, 0.15) is 42.6 Å². The number of carbonyl (C=O) groups is 1. The van der Waals surface area contributed by atoms with Gasteiger partial charge in [-0.05, 0) is 55.1 Å². The first kappa shape index (κ1) is 27.5. The zero-order valence-corrected chi connectivity index (χ0v) is 21.4. The molecule has 0 aromatic heterocycles. The van der Waals surface area contributed by atoms with Crippen molar-refractivity contribution in [2.24, 2.45) is 5.92 Å². The van der Waals surface area contributed by atoms with Gasteiger partial charge in [-0.1, -0.05) is 38.1 Å². The predicted molar refractivity (Wildman–Crippen MR) is 137 cm³/mol. The first-order valence-corrected chi connectivity index (χ1v) is 11.7. The molecule has 1 fully saturated rings. The van der Waals surface area contributed by atoms with Crippen LogP contribution in [-0.2, 0) is 5.41 Å². The van der Waals surface area contributed by atoms with Crippen molar-refractivity contribution in [1.82, 2.24) is 9.80 Å². The van der Waals surface area contributed by atoms with Gasteiger partial charge in [-0.25, -0.2) is 0 Å². The first-order valence-electron chi connectivity index (χ1n) is 11.7. The zero-order chi connectivity index (χ0) is 23.8. The van der Waals surface area contributed by atoms with Crippen LogP contribution in [-0.4, -0.2) is 62.7 Å².